The standard InChI is InChI=1S/C51H61ClN7O7P/c1-66-43-32-38(19-18-35(43)31-45-53-33-40(52)41(54-45)30-36-13-9-10-16-44(36)67(2,3)65)56-24-22-37(23-25-56)57-26-28-58(29-27-57)47(61)17-8-6-4-5-7-12-34-14-11-15-39-48(34)51(64)59(50(39)63)42-20-21-46(60)55-49(42)62/h9-11,13-16,18-19,32-33,37,42H,4-8,12,17,20-31H2,1-3H3,(H,55,60,62). The fraction of sp³-hybridized carbons (Fsp3) is 0.471. The number of aryl methyl sites for hydroxylation is 1. The van der Waals surface area contributed by atoms with Gasteiger partial charge < -0.3 is 19.1 Å². The van der Waals surface area contributed by atoms with Crippen LogP contribution in [0.2, 0.25) is 5.02 Å². The third-order valence-corrected chi connectivity index (χ3v) is 15.7. The highest BCUT2D eigenvalue weighted by molar-refractivity contribution is 7.70. The normalized spacial score (nSPS) is 18.4. The maximum atomic E-state index is 13.4. The maximum absolute atomic E-state index is 13.4. The van der Waals surface area contributed by atoms with Crippen LogP contribution < -0.4 is 20.3 Å². The number of imide groups is 2. The molecule has 0 bridgehead atoms. The number of halogens is 1. The largest absolute Gasteiger partial charge is 0.496 e. The van der Waals surface area contributed by atoms with Crippen molar-refractivity contribution >= 4 is 59.3 Å². The number of nitrogens with one attached hydrogen (secondary N) is 1. The number of piperazine rings is 1. The average molecular weight is 951 g/mol. The molecule has 1 N–H and O–H groups in total. The van der Waals surface area contributed by atoms with Gasteiger partial charge in [-0.05, 0) is 75.1 Å². The smallest absolute Gasteiger partial charge is 0.262 e. The van der Waals surface area contributed by atoms with Gasteiger partial charge in [0.1, 0.15) is 24.8 Å². The Hall–Kier alpha value is -5.43. The Morgan fingerprint density at radius 1 is 0.821 bits per heavy atom. The van der Waals surface area contributed by atoms with Crippen LogP contribution in [0.15, 0.2) is 66.9 Å². The van der Waals surface area contributed by atoms with Crippen LogP contribution in [0.5, 0.6) is 5.75 Å². The summed E-state index contributed by atoms with van der Waals surface area (Å²) in [5.74, 6) is -0.287. The zero-order valence-corrected chi connectivity index (χ0v) is 40.5. The summed E-state index contributed by atoms with van der Waals surface area (Å²) < 4.78 is 18.9. The molecule has 67 heavy (non-hydrogen) atoms. The Kier molecular flexibility index (Phi) is 15.2. The predicted molar refractivity (Wildman–Crippen MR) is 259 cm³/mol. The first-order valence-electron chi connectivity index (χ1n) is 23.7. The molecule has 1 unspecified atom stereocenters. The van der Waals surface area contributed by atoms with Gasteiger partial charge in [-0.3, -0.25) is 39.1 Å². The molecule has 4 aliphatic heterocycles. The van der Waals surface area contributed by atoms with Crippen molar-refractivity contribution in [1.29, 1.82) is 0 Å². The van der Waals surface area contributed by atoms with Gasteiger partial charge in [-0.15, -0.1) is 0 Å². The van der Waals surface area contributed by atoms with E-state index < -0.39 is 36.8 Å². The summed E-state index contributed by atoms with van der Waals surface area (Å²) >= 11 is 6.57. The van der Waals surface area contributed by atoms with Crippen molar-refractivity contribution in [2.75, 3.05) is 64.6 Å². The van der Waals surface area contributed by atoms with Gasteiger partial charge in [-0.25, -0.2) is 9.97 Å². The van der Waals surface area contributed by atoms with E-state index in [2.05, 4.69) is 38.3 Å². The van der Waals surface area contributed by atoms with E-state index in [0.29, 0.717) is 59.4 Å². The van der Waals surface area contributed by atoms with E-state index in [1.54, 1.807) is 38.8 Å². The topological polar surface area (TPSA) is 162 Å². The van der Waals surface area contributed by atoms with Gasteiger partial charge in [0, 0.05) is 99.8 Å². The van der Waals surface area contributed by atoms with E-state index in [9.17, 15) is 28.5 Å². The number of fused-ring (bicyclic) bond motifs is 1. The van der Waals surface area contributed by atoms with Crippen LogP contribution in [0.4, 0.5) is 5.69 Å². The number of piperidine rings is 2. The molecule has 14 nitrogen and oxygen atoms in total. The van der Waals surface area contributed by atoms with Gasteiger partial charge in [0.05, 0.1) is 29.0 Å². The fourth-order valence-electron chi connectivity index (χ4n) is 10.2. The van der Waals surface area contributed by atoms with E-state index >= 15 is 0 Å². The average Bonchev–Trinajstić information content (AvgIpc) is 3.58. The summed E-state index contributed by atoms with van der Waals surface area (Å²) in [7, 11) is -0.789. The summed E-state index contributed by atoms with van der Waals surface area (Å²) in [6.07, 6.45) is 10.7. The molecular formula is C51H61ClN7O7P. The predicted octanol–water partition coefficient (Wildman–Crippen LogP) is 6.67. The third-order valence-electron chi connectivity index (χ3n) is 13.8. The molecule has 5 amide bonds. The lowest BCUT2D eigenvalue weighted by Crippen LogP contribution is -2.54. The highest BCUT2D eigenvalue weighted by Crippen LogP contribution is 2.37. The zero-order valence-electron chi connectivity index (χ0n) is 38.8. The van der Waals surface area contributed by atoms with Crippen LogP contribution in [0.3, 0.4) is 0 Å². The molecule has 0 aliphatic carbocycles. The van der Waals surface area contributed by atoms with Crippen LogP contribution in [-0.2, 0) is 38.2 Å². The summed E-state index contributed by atoms with van der Waals surface area (Å²) in [6, 6.07) is 18.9. The molecule has 3 aromatic carbocycles. The second-order valence-corrected chi connectivity index (χ2v) is 22.2. The SMILES string of the molecule is COc1cc(N2CCC(N3CCN(C(=O)CCCCCCCc4cccc5c4C(=O)N(C4CCC(=O)NC4=O)C5=O)CC3)CC2)ccc1Cc1ncc(Cl)c(Cc2ccccc2P(C)(C)=O)n1. The van der Waals surface area contributed by atoms with Crippen LogP contribution >= 0.6 is 18.7 Å². The lowest BCUT2D eigenvalue weighted by atomic mass is 9.97. The van der Waals surface area contributed by atoms with Gasteiger partial charge in [-0.2, -0.15) is 0 Å². The first kappa shape index (κ1) is 48.0. The molecule has 16 heteroatoms. The monoisotopic (exact) mass is 949 g/mol. The molecule has 8 rings (SSSR count). The summed E-state index contributed by atoms with van der Waals surface area (Å²) in [5.41, 5.74) is 5.26. The first-order chi connectivity index (χ1) is 32.3. The van der Waals surface area contributed by atoms with E-state index in [0.717, 1.165) is 123 Å². The molecule has 1 atom stereocenters. The Morgan fingerprint density at radius 3 is 2.30 bits per heavy atom. The summed E-state index contributed by atoms with van der Waals surface area (Å²) in [4.78, 5) is 81.3. The number of aromatic nitrogens is 2. The number of unbranched alkanes of at least 4 members (excludes halogenated alkanes) is 4. The highest BCUT2D eigenvalue weighted by Gasteiger charge is 2.45. The second kappa shape index (κ2) is 21.3. The van der Waals surface area contributed by atoms with Gasteiger partial charge in [0.2, 0.25) is 17.7 Å². The van der Waals surface area contributed by atoms with Crippen LogP contribution in [0.1, 0.15) is 113 Å². The number of ether oxygens (including phenoxy) is 1. The second-order valence-electron chi connectivity index (χ2n) is 18.6. The number of anilines is 1. The molecule has 3 saturated heterocycles. The summed E-state index contributed by atoms with van der Waals surface area (Å²) in [6.45, 7) is 8.73. The number of rotatable bonds is 17. The Morgan fingerprint density at radius 2 is 1.55 bits per heavy atom. The van der Waals surface area contributed by atoms with Crippen molar-refractivity contribution < 1.29 is 33.3 Å². The lowest BCUT2D eigenvalue weighted by Gasteiger charge is -2.43. The molecule has 4 aromatic rings. The highest BCUT2D eigenvalue weighted by atomic mass is 35.5. The minimum Gasteiger partial charge on any atom is -0.496 e. The Bertz CT molecular complexity index is 2570. The molecular weight excluding hydrogens is 889 g/mol. The van der Waals surface area contributed by atoms with E-state index in [-0.39, 0.29) is 18.7 Å². The van der Waals surface area contributed by atoms with E-state index in [4.69, 9.17) is 21.3 Å². The molecule has 0 saturated carbocycles. The number of hydrogen-bond donors (Lipinski definition) is 1. The van der Waals surface area contributed by atoms with Crippen LogP contribution in [0, 0.1) is 0 Å². The van der Waals surface area contributed by atoms with E-state index in [1.165, 1.54) is 0 Å². The van der Waals surface area contributed by atoms with Crippen molar-refractivity contribution in [3.05, 3.63) is 111 Å². The molecule has 0 radical (unpaired) electrons. The number of carbonyl (C=O) groups excluding carboxylic acids is 5. The summed E-state index contributed by atoms with van der Waals surface area (Å²) in [5, 5.41) is 3.57. The van der Waals surface area contributed by atoms with Crippen LogP contribution in [-0.4, -0.2) is 126 Å². The number of amides is 5. The van der Waals surface area contributed by atoms with Crippen molar-refractivity contribution in [1.82, 2.24) is 30.0 Å². The molecule has 354 valence electrons. The first-order valence-corrected chi connectivity index (χ1v) is 26.7. The van der Waals surface area contributed by atoms with Crippen LogP contribution in [0.25, 0.3) is 0 Å². The minimum atomic E-state index is -2.48. The van der Waals surface area contributed by atoms with Gasteiger partial charge >= 0.3 is 0 Å². The third kappa shape index (κ3) is 11.1. The Balaban J connectivity index is 0.735. The van der Waals surface area contributed by atoms with Crippen molar-refractivity contribution in [2.24, 2.45) is 0 Å². The van der Waals surface area contributed by atoms with Crippen molar-refractivity contribution in [3.8, 4) is 5.75 Å². The number of nitrogens with zero attached hydrogens (tertiary/aromatic N) is 6. The quantitative estimate of drug-likeness (QED) is 0.0684. The lowest BCUT2D eigenvalue weighted by molar-refractivity contribution is -0.136. The fourth-order valence-corrected chi connectivity index (χ4v) is 11.6. The molecule has 4 aliphatic rings. The van der Waals surface area contributed by atoms with Crippen molar-refractivity contribution in [3.63, 3.8) is 0 Å². The van der Waals surface area contributed by atoms with Gasteiger partial charge in [-0.1, -0.05) is 73.3 Å². The number of hydrogen-bond acceptors (Lipinski definition) is 11. The molecule has 3 fully saturated rings. The number of benzene rings is 3. The number of carbonyl (C=O) groups is 5. The zero-order chi connectivity index (χ0) is 47.2. The van der Waals surface area contributed by atoms with E-state index in [1.807, 2.05) is 35.2 Å². The maximum Gasteiger partial charge on any atom is 0.262 e. The molecule has 1 aromatic heterocycles. The van der Waals surface area contributed by atoms with Gasteiger partial charge in [0.15, 0.2) is 0 Å². The Labute approximate surface area is 398 Å². The number of methoxy groups -OCH3 is 1. The van der Waals surface area contributed by atoms with Gasteiger partial charge in [0.25, 0.3) is 11.8 Å². The molecule has 5 heterocycles. The van der Waals surface area contributed by atoms with Crippen molar-refractivity contribution in [2.45, 2.75) is 95.6 Å². The molecule has 0 spiro atoms. The minimum absolute atomic E-state index is 0.0898.